The number of benzene rings is 1. The van der Waals surface area contributed by atoms with E-state index in [-0.39, 0.29) is 24.5 Å². The topological polar surface area (TPSA) is 73.6 Å². The lowest BCUT2D eigenvalue weighted by Gasteiger charge is -2.39. The third-order valence-electron chi connectivity index (χ3n) is 3.87. The van der Waals surface area contributed by atoms with Crippen LogP contribution in [0.2, 0.25) is 0 Å². The van der Waals surface area contributed by atoms with E-state index in [0.29, 0.717) is 35.4 Å². The van der Waals surface area contributed by atoms with Gasteiger partial charge in [-0.3, -0.25) is 9.59 Å². The Morgan fingerprint density at radius 1 is 1.50 bits per heavy atom. The highest BCUT2D eigenvalue weighted by molar-refractivity contribution is 9.10. The first-order valence-electron chi connectivity index (χ1n) is 7.50. The Hall–Kier alpha value is -2.33. The molecule has 0 aliphatic carbocycles. The van der Waals surface area contributed by atoms with Gasteiger partial charge < -0.3 is 14.5 Å². The molecule has 0 N–H and O–H groups in total. The molecule has 1 fully saturated rings. The van der Waals surface area contributed by atoms with E-state index < -0.39 is 0 Å². The van der Waals surface area contributed by atoms with Crippen LogP contribution in [0, 0.1) is 11.3 Å². The van der Waals surface area contributed by atoms with Crippen LogP contribution in [0.1, 0.15) is 12.5 Å². The summed E-state index contributed by atoms with van der Waals surface area (Å²) < 4.78 is 6.15. The molecule has 126 valence electrons. The maximum absolute atomic E-state index is 12.4. The second-order valence-electron chi connectivity index (χ2n) is 5.44. The van der Waals surface area contributed by atoms with Crippen LogP contribution in [0.4, 0.5) is 0 Å². The summed E-state index contributed by atoms with van der Waals surface area (Å²) in [5, 5.41) is 9.16. The Labute approximate surface area is 149 Å². The van der Waals surface area contributed by atoms with Crippen LogP contribution in [0.5, 0.6) is 5.75 Å². The summed E-state index contributed by atoms with van der Waals surface area (Å²) in [5.74, 6) is 0.0726. The molecule has 1 aromatic rings. The maximum atomic E-state index is 12.4. The lowest BCUT2D eigenvalue weighted by molar-refractivity contribution is -0.141. The highest BCUT2D eigenvalue weighted by Crippen LogP contribution is 2.25. The molecule has 1 aromatic carbocycles. The van der Waals surface area contributed by atoms with Crippen molar-refractivity contribution in [1.82, 2.24) is 9.80 Å². The fourth-order valence-corrected chi connectivity index (χ4v) is 3.05. The molecule has 1 heterocycles. The van der Waals surface area contributed by atoms with Crippen molar-refractivity contribution in [3.63, 3.8) is 0 Å². The molecule has 0 aromatic heterocycles. The lowest BCUT2D eigenvalue weighted by Crippen LogP contribution is -2.56. The molecular formula is C17H18BrN3O3. The van der Waals surface area contributed by atoms with E-state index in [1.807, 2.05) is 6.92 Å². The van der Waals surface area contributed by atoms with E-state index in [0.717, 1.165) is 0 Å². The van der Waals surface area contributed by atoms with Crippen LogP contribution in [0.15, 0.2) is 35.3 Å². The average Bonchev–Trinajstić information content (AvgIpc) is 2.58. The van der Waals surface area contributed by atoms with Gasteiger partial charge >= 0.3 is 0 Å². The number of amides is 2. The molecule has 2 amide bonds. The molecule has 24 heavy (non-hydrogen) atoms. The van der Waals surface area contributed by atoms with E-state index in [9.17, 15) is 9.59 Å². The van der Waals surface area contributed by atoms with E-state index in [4.69, 9.17) is 10.00 Å². The first kappa shape index (κ1) is 18.0. The highest BCUT2D eigenvalue weighted by atomic mass is 79.9. The molecule has 1 atom stereocenters. The molecular weight excluding hydrogens is 374 g/mol. The number of nitriles is 1. The minimum absolute atomic E-state index is 0.100. The number of carbonyl (C=O) groups excluding carboxylic acids is 2. The molecule has 0 spiro atoms. The Kier molecular flexibility index (Phi) is 5.99. The van der Waals surface area contributed by atoms with Gasteiger partial charge in [0.25, 0.3) is 5.91 Å². The predicted molar refractivity (Wildman–Crippen MR) is 92.3 cm³/mol. The highest BCUT2D eigenvalue weighted by Gasteiger charge is 2.29. The summed E-state index contributed by atoms with van der Waals surface area (Å²) in [6.45, 7) is 6.61. The summed E-state index contributed by atoms with van der Waals surface area (Å²) in [5.41, 5.74) is 0.361. The first-order chi connectivity index (χ1) is 11.5. The largest absolute Gasteiger partial charge is 0.482 e. The smallest absolute Gasteiger partial charge is 0.260 e. The third-order valence-corrected chi connectivity index (χ3v) is 4.53. The number of ether oxygens (including phenoxy) is 1. The predicted octanol–water partition coefficient (Wildman–Crippen LogP) is 1.94. The minimum atomic E-state index is -0.169. The minimum Gasteiger partial charge on any atom is -0.482 e. The van der Waals surface area contributed by atoms with Crippen molar-refractivity contribution < 1.29 is 14.3 Å². The van der Waals surface area contributed by atoms with Gasteiger partial charge in [0.1, 0.15) is 17.4 Å². The molecule has 7 heteroatoms. The standard InChI is InChI=1S/C17H18BrN3O3/c1-3-16(22)20-7-8-21(12(2)10-20)17(23)11-24-15-6-4-5-14(18)13(15)9-19/h3-6,12H,1,7-8,10-11H2,2H3/t12-/m0/s1. The number of piperazine rings is 1. The van der Waals surface area contributed by atoms with Crippen LogP contribution < -0.4 is 4.74 Å². The average molecular weight is 392 g/mol. The summed E-state index contributed by atoms with van der Waals surface area (Å²) in [4.78, 5) is 27.4. The second-order valence-corrected chi connectivity index (χ2v) is 6.29. The maximum Gasteiger partial charge on any atom is 0.260 e. The van der Waals surface area contributed by atoms with Crippen molar-refractivity contribution in [3.05, 3.63) is 40.9 Å². The van der Waals surface area contributed by atoms with Crippen molar-refractivity contribution in [3.8, 4) is 11.8 Å². The van der Waals surface area contributed by atoms with E-state index in [1.54, 1.807) is 28.0 Å². The number of carbonyl (C=O) groups is 2. The van der Waals surface area contributed by atoms with Crippen molar-refractivity contribution in [2.24, 2.45) is 0 Å². The van der Waals surface area contributed by atoms with Gasteiger partial charge in [0.2, 0.25) is 5.91 Å². The lowest BCUT2D eigenvalue weighted by atomic mass is 10.2. The third kappa shape index (κ3) is 3.95. The zero-order chi connectivity index (χ0) is 17.7. The normalized spacial score (nSPS) is 17.1. The molecule has 1 aliphatic rings. The Bertz CT molecular complexity index is 699. The van der Waals surface area contributed by atoms with Crippen molar-refractivity contribution in [2.45, 2.75) is 13.0 Å². The van der Waals surface area contributed by atoms with Gasteiger partial charge in [0.05, 0.1) is 0 Å². The second kappa shape index (κ2) is 7.97. The quantitative estimate of drug-likeness (QED) is 0.735. The SMILES string of the molecule is C=CC(=O)N1CCN(C(=O)COc2cccc(Br)c2C#N)[C@@H](C)C1. The van der Waals surface area contributed by atoms with Crippen molar-refractivity contribution in [1.29, 1.82) is 5.26 Å². The Balaban J connectivity index is 1.97. The van der Waals surface area contributed by atoms with Gasteiger partial charge in [-0.15, -0.1) is 0 Å². The monoisotopic (exact) mass is 391 g/mol. The van der Waals surface area contributed by atoms with Gasteiger partial charge in [-0.1, -0.05) is 12.6 Å². The number of halogens is 1. The summed E-state index contributed by atoms with van der Waals surface area (Å²) in [6.07, 6.45) is 1.28. The molecule has 0 unspecified atom stereocenters. The number of hydrogen-bond donors (Lipinski definition) is 0. The zero-order valence-electron chi connectivity index (χ0n) is 13.4. The number of nitrogens with zero attached hydrogens (tertiary/aromatic N) is 3. The Morgan fingerprint density at radius 3 is 2.88 bits per heavy atom. The van der Waals surface area contributed by atoms with Gasteiger partial charge in [0.15, 0.2) is 6.61 Å². The summed E-state index contributed by atoms with van der Waals surface area (Å²) >= 11 is 3.28. The van der Waals surface area contributed by atoms with Crippen LogP contribution in [0.25, 0.3) is 0 Å². The zero-order valence-corrected chi connectivity index (χ0v) is 15.0. The van der Waals surface area contributed by atoms with E-state index in [2.05, 4.69) is 28.6 Å². The molecule has 0 saturated carbocycles. The van der Waals surface area contributed by atoms with Crippen molar-refractivity contribution in [2.75, 3.05) is 26.2 Å². The van der Waals surface area contributed by atoms with E-state index in [1.165, 1.54) is 6.08 Å². The molecule has 1 aliphatic heterocycles. The molecule has 0 bridgehead atoms. The first-order valence-corrected chi connectivity index (χ1v) is 8.29. The number of hydrogen-bond acceptors (Lipinski definition) is 4. The van der Waals surface area contributed by atoms with Gasteiger partial charge in [-0.05, 0) is 41.1 Å². The Morgan fingerprint density at radius 2 is 2.25 bits per heavy atom. The molecule has 0 radical (unpaired) electrons. The number of rotatable bonds is 4. The summed E-state index contributed by atoms with van der Waals surface area (Å²) in [7, 11) is 0. The van der Waals surface area contributed by atoms with E-state index >= 15 is 0 Å². The molecule has 2 rings (SSSR count). The van der Waals surface area contributed by atoms with Gasteiger partial charge in [-0.25, -0.2) is 0 Å². The summed E-state index contributed by atoms with van der Waals surface area (Å²) in [6, 6.07) is 7.09. The van der Waals surface area contributed by atoms with Crippen LogP contribution in [0.3, 0.4) is 0 Å². The van der Waals surface area contributed by atoms with Crippen LogP contribution in [-0.2, 0) is 9.59 Å². The van der Waals surface area contributed by atoms with Crippen molar-refractivity contribution >= 4 is 27.7 Å². The molecule has 6 nitrogen and oxygen atoms in total. The molecule has 1 saturated heterocycles. The van der Waals surface area contributed by atoms with Crippen LogP contribution in [-0.4, -0.2) is 53.9 Å². The van der Waals surface area contributed by atoms with Gasteiger partial charge in [-0.2, -0.15) is 5.26 Å². The van der Waals surface area contributed by atoms with Crippen LogP contribution >= 0.6 is 15.9 Å². The fraction of sp³-hybridized carbons (Fsp3) is 0.353. The van der Waals surface area contributed by atoms with Gasteiger partial charge in [0, 0.05) is 30.1 Å². The fourth-order valence-electron chi connectivity index (χ4n) is 2.61.